The van der Waals surface area contributed by atoms with Crippen LogP contribution in [0.4, 0.5) is 0 Å². The highest BCUT2D eigenvalue weighted by molar-refractivity contribution is 5.91. The third-order valence-corrected chi connectivity index (χ3v) is 7.79. The Bertz CT molecular complexity index is 1780. The molecule has 4 aromatic carbocycles. The molecule has 0 saturated carbocycles. The molecule has 0 fully saturated rings. The van der Waals surface area contributed by atoms with Crippen molar-refractivity contribution in [3.8, 4) is 23.0 Å². The van der Waals surface area contributed by atoms with Gasteiger partial charge in [-0.15, -0.1) is 0 Å². The molecule has 59 heavy (non-hydrogen) atoms. The van der Waals surface area contributed by atoms with E-state index in [9.17, 15) is 24.0 Å². The van der Waals surface area contributed by atoms with Gasteiger partial charge >= 0.3 is 17.9 Å². The van der Waals surface area contributed by atoms with Gasteiger partial charge in [-0.25, -0.2) is 14.4 Å². The maximum Gasteiger partial charge on any atom is 0.343 e. The predicted octanol–water partition coefficient (Wildman–Crippen LogP) is 8.66. The molecule has 0 aliphatic rings. The third kappa shape index (κ3) is 24.0. The van der Waals surface area contributed by atoms with Gasteiger partial charge in [0.15, 0.2) is 0 Å². The predicted molar refractivity (Wildman–Crippen MR) is 226 cm³/mol. The fraction of sp³-hybridized carbons (Fsp3) is 0.298. The van der Waals surface area contributed by atoms with Crippen LogP contribution in [0.1, 0.15) is 77.3 Å². The average Bonchev–Trinajstić information content (AvgIpc) is 3.28. The highest BCUT2D eigenvalue weighted by atomic mass is 16.5. The van der Waals surface area contributed by atoms with Crippen LogP contribution >= 0.6 is 0 Å². The topological polar surface area (TPSA) is 161 Å². The first-order valence-corrected chi connectivity index (χ1v) is 19.1. The lowest BCUT2D eigenvalue weighted by molar-refractivity contribution is -0.138. The van der Waals surface area contributed by atoms with Crippen molar-refractivity contribution in [3.05, 3.63) is 145 Å². The molecule has 0 spiro atoms. The number of ether oxygens (including phenoxy) is 6. The number of aryl methyl sites for hydroxylation is 2. The second-order valence-corrected chi connectivity index (χ2v) is 12.2. The Hall–Kier alpha value is -6.53. The summed E-state index contributed by atoms with van der Waals surface area (Å²) in [6, 6.07) is 28.4. The first kappa shape index (κ1) is 50.5. The van der Waals surface area contributed by atoms with Gasteiger partial charge in [-0.2, -0.15) is 0 Å². The molecule has 0 bridgehead atoms. The summed E-state index contributed by atoms with van der Waals surface area (Å²) >= 11 is 0. The Kier molecular flexibility index (Phi) is 27.9. The zero-order valence-corrected chi connectivity index (χ0v) is 34.2. The Morgan fingerprint density at radius 1 is 0.576 bits per heavy atom. The number of hydrogen-bond donors (Lipinski definition) is 1. The van der Waals surface area contributed by atoms with E-state index >= 15 is 0 Å². The maximum atomic E-state index is 12.1. The van der Waals surface area contributed by atoms with Gasteiger partial charge in [-0.05, 0) is 130 Å². The molecule has 12 heteroatoms. The van der Waals surface area contributed by atoms with E-state index in [1.165, 1.54) is 17.2 Å². The number of aliphatic hydroxyl groups excluding tert-OH is 1. The molecule has 0 unspecified atom stereocenters. The minimum Gasteiger partial charge on any atom is -0.494 e. The van der Waals surface area contributed by atoms with Crippen molar-refractivity contribution in [2.24, 2.45) is 0 Å². The molecule has 0 saturated heterocycles. The second kappa shape index (κ2) is 32.5. The monoisotopic (exact) mass is 812 g/mol. The summed E-state index contributed by atoms with van der Waals surface area (Å²) in [5.41, 5.74) is 3.38. The van der Waals surface area contributed by atoms with Gasteiger partial charge < -0.3 is 33.5 Å². The quantitative estimate of drug-likeness (QED) is 0.0265. The SMILES string of the molecule is C=CC(=O)OCCCCCOc1ccc(C(=O)Oc2ccc(C=O)cc2)cc1.C=CC(=O)OCCCCCOc1ccc(C)cc1.CCc1ccc(OC=O)cc1.CO. The van der Waals surface area contributed by atoms with Crippen molar-refractivity contribution in [2.75, 3.05) is 33.5 Å². The molecule has 0 amide bonds. The van der Waals surface area contributed by atoms with Gasteiger partial charge in [0.05, 0.1) is 32.0 Å². The first-order chi connectivity index (χ1) is 28.7. The van der Waals surface area contributed by atoms with Gasteiger partial charge in [0, 0.05) is 24.8 Å². The van der Waals surface area contributed by atoms with Crippen molar-refractivity contribution in [1.82, 2.24) is 0 Å². The molecule has 4 aromatic rings. The van der Waals surface area contributed by atoms with Crippen LogP contribution in [0, 0.1) is 6.92 Å². The number of aliphatic hydroxyl groups is 1. The fourth-order valence-corrected chi connectivity index (χ4v) is 4.57. The summed E-state index contributed by atoms with van der Waals surface area (Å²) in [7, 11) is 1.00. The number of aldehydes is 1. The second-order valence-electron chi connectivity index (χ2n) is 12.2. The summed E-state index contributed by atoms with van der Waals surface area (Å²) in [6.07, 6.45) is 9.31. The number of carbonyl (C=O) groups is 5. The molecule has 0 heterocycles. The van der Waals surface area contributed by atoms with Crippen molar-refractivity contribution in [3.63, 3.8) is 0 Å². The van der Waals surface area contributed by atoms with E-state index in [-0.39, 0.29) is 5.97 Å². The van der Waals surface area contributed by atoms with Crippen molar-refractivity contribution in [2.45, 2.75) is 58.8 Å². The number of unbranched alkanes of at least 4 members (excludes halogenated alkanes) is 4. The van der Waals surface area contributed by atoms with Gasteiger partial charge in [0.1, 0.15) is 29.3 Å². The van der Waals surface area contributed by atoms with Crippen LogP contribution in [0.2, 0.25) is 0 Å². The van der Waals surface area contributed by atoms with Crippen molar-refractivity contribution >= 4 is 30.7 Å². The lowest BCUT2D eigenvalue weighted by Gasteiger charge is -2.08. The van der Waals surface area contributed by atoms with Crippen LogP contribution in [0.15, 0.2) is 122 Å². The van der Waals surface area contributed by atoms with Crippen molar-refractivity contribution in [1.29, 1.82) is 0 Å². The lowest BCUT2D eigenvalue weighted by atomic mass is 10.2. The van der Waals surface area contributed by atoms with E-state index in [2.05, 4.69) is 24.8 Å². The molecule has 4 rings (SSSR count). The average molecular weight is 813 g/mol. The molecule has 0 aliphatic heterocycles. The first-order valence-electron chi connectivity index (χ1n) is 19.1. The van der Waals surface area contributed by atoms with Gasteiger partial charge in [0.25, 0.3) is 6.47 Å². The number of benzene rings is 4. The van der Waals surface area contributed by atoms with Gasteiger partial charge in [-0.3, -0.25) is 9.59 Å². The molecule has 0 aliphatic carbocycles. The molecule has 0 atom stereocenters. The summed E-state index contributed by atoms with van der Waals surface area (Å²) in [5, 5.41) is 7.00. The Balaban J connectivity index is 0.000000478. The Morgan fingerprint density at radius 3 is 1.46 bits per heavy atom. The largest absolute Gasteiger partial charge is 0.494 e. The lowest BCUT2D eigenvalue weighted by Crippen LogP contribution is -2.08. The maximum absolute atomic E-state index is 12.1. The van der Waals surface area contributed by atoms with E-state index in [1.807, 2.05) is 43.3 Å². The molecule has 12 nitrogen and oxygen atoms in total. The molecule has 0 radical (unpaired) electrons. The van der Waals surface area contributed by atoms with Crippen LogP contribution in [0.5, 0.6) is 23.0 Å². The minimum absolute atomic E-state index is 0.356. The molecule has 1 N–H and O–H groups in total. The van der Waals surface area contributed by atoms with Crippen LogP contribution in [0.3, 0.4) is 0 Å². The van der Waals surface area contributed by atoms with Gasteiger partial charge in [0.2, 0.25) is 0 Å². The van der Waals surface area contributed by atoms with E-state index in [4.69, 9.17) is 28.8 Å². The highest BCUT2D eigenvalue weighted by Gasteiger charge is 2.09. The van der Waals surface area contributed by atoms with Crippen LogP contribution in [-0.4, -0.2) is 69.3 Å². The van der Waals surface area contributed by atoms with E-state index in [0.717, 1.165) is 70.2 Å². The normalized spacial score (nSPS) is 9.56. The zero-order chi connectivity index (χ0) is 43.5. The van der Waals surface area contributed by atoms with Crippen LogP contribution in [0.25, 0.3) is 0 Å². The van der Waals surface area contributed by atoms with Gasteiger partial charge in [-0.1, -0.05) is 49.9 Å². The number of esters is 3. The Morgan fingerprint density at radius 2 is 1.02 bits per heavy atom. The zero-order valence-electron chi connectivity index (χ0n) is 34.2. The van der Waals surface area contributed by atoms with E-state index in [0.29, 0.717) is 61.3 Å². The van der Waals surface area contributed by atoms with Crippen LogP contribution in [-0.2, 0) is 30.3 Å². The van der Waals surface area contributed by atoms with E-state index < -0.39 is 11.9 Å². The fourth-order valence-electron chi connectivity index (χ4n) is 4.57. The Labute approximate surface area is 347 Å². The summed E-state index contributed by atoms with van der Waals surface area (Å²) < 4.78 is 30.9. The smallest absolute Gasteiger partial charge is 0.343 e. The standard InChI is InChI=1S/C22H22O6.C15H20O3.C9H10O2.CH4O/c1-2-21(24)27-15-5-3-4-14-26-19-12-8-18(9-13-19)22(25)28-20-10-6-17(16-23)7-11-20;1-3-15(16)18-12-6-4-5-11-17-14-9-7-13(2)8-10-14;1-2-8-3-5-9(6-4-8)11-7-10;1-2/h2,6-13,16H,1,3-5,14-15H2;3,7-10H,1,4-6,11-12H2,2H3;3-7H,2H2,1H3;2H,1H3. The van der Waals surface area contributed by atoms with Crippen LogP contribution < -0.4 is 18.9 Å². The molecule has 0 aromatic heterocycles. The number of carbonyl (C=O) groups excluding carboxylic acids is 5. The van der Waals surface area contributed by atoms with Crippen molar-refractivity contribution < 1.29 is 57.5 Å². The number of hydrogen-bond acceptors (Lipinski definition) is 12. The molecular formula is C47H56O12. The molecule has 316 valence electrons. The third-order valence-electron chi connectivity index (χ3n) is 7.79. The summed E-state index contributed by atoms with van der Waals surface area (Å²) in [6.45, 7) is 13.3. The molecular weight excluding hydrogens is 757 g/mol. The van der Waals surface area contributed by atoms with E-state index in [1.54, 1.807) is 60.7 Å². The summed E-state index contributed by atoms with van der Waals surface area (Å²) in [4.78, 5) is 54.3. The highest BCUT2D eigenvalue weighted by Crippen LogP contribution is 2.17. The summed E-state index contributed by atoms with van der Waals surface area (Å²) in [5.74, 6) is 1.27. The minimum atomic E-state index is -0.487. The number of rotatable bonds is 22.